The van der Waals surface area contributed by atoms with Crippen LogP contribution in [0.25, 0.3) is 0 Å². The van der Waals surface area contributed by atoms with Crippen LogP contribution in [0.4, 0.5) is 15.8 Å². The summed E-state index contributed by atoms with van der Waals surface area (Å²) in [4.78, 5) is 11.1. The predicted octanol–water partition coefficient (Wildman–Crippen LogP) is 4.19. The molecule has 0 bridgehead atoms. The van der Waals surface area contributed by atoms with E-state index in [1.807, 2.05) is 0 Å². The van der Waals surface area contributed by atoms with Crippen LogP contribution in [0.15, 0.2) is 29.8 Å². The zero-order valence-electron chi connectivity index (χ0n) is 12.9. The highest BCUT2D eigenvalue weighted by Gasteiger charge is 2.18. The number of rotatable bonds is 4. The lowest BCUT2D eigenvalue weighted by Crippen LogP contribution is -2.20. The molecule has 1 aliphatic rings. The minimum absolute atomic E-state index is 0.158. The van der Waals surface area contributed by atoms with Crippen molar-refractivity contribution in [1.82, 2.24) is 0 Å². The Bertz CT molecular complexity index is 554. The van der Waals surface area contributed by atoms with Crippen molar-refractivity contribution in [2.24, 2.45) is 11.8 Å². The number of hydrogen-bond donors (Lipinski definition) is 2. The van der Waals surface area contributed by atoms with Gasteiger partial charge >= 0.3 is 0 Å². The molecule has 1 aromatic rings. The van der Waals surface area contributed by atoms with Crippen LogP contribution in [-0.4, -0.2) is 12.5 Å². The Hall–Kier alpha value is -1.84. The fourth-order valence-corrected chi connectivity index (χ4v) is 3.04. The van der Waals surface area contributed by atoms with Crippen LogP contribution >= 0.6 is 0 Å². The molecular formula is C17H23FN2O. The van der Waals surface area contributed by atoms with E-state index in [0.29, 0.717) is 23.2 Å². The van der Waals surface area contributed by atoms with Gasteiger partial charge in [0.05, 0.1) is 5.69 Å². The standard InChI is InChI=1S/C17H23FN2O/c1-11-6-12(2)8-14(7-11)10-19-17-9-15(20-13(3)21)4-5-16(17)18/h4-6,9,11,14,19H,7-8,10H2,1-3H3,(H,20,21). The topological polar surface area (TPSA) is 41.1 Å². The SMILES string of the molecule is CC(=O)Nc1ccc(F)c(NCC2CC(C)=CC(C)C2)c1. The van der Waals surface area contributed by atoms with Crippen LogP contribution in [0.3, 0.4) is 0 Å². The van der Waals surface area contributed by atoms with E-state index in [4.69, 9.17) is 0 Å². The molecule has 0 aliphatic heterocycles. The average molecular weight is 290 g/mol. The average Bonchev–Trinajstić information content (AvgIpc) is 2.37. The van der Waals surface area contributed by atoms with Crippen LogP contribution < -0.4 is 10.6 Å². The van der Waals surface area contributed by atoms with Crippen LogP contribution in [0.1, 0.15) is 33.6 Å². The molecule has 2 N–H and O–H groups in total. The lowest BCUT2D eigenvalue weighted by molar-refractivity contribution is -0.114. The largest absolute Gasteiger partial charge is 0.382 e. The highest BCUT2D eigenvalue weighted by molar-refractivity contribution is 5.89. The van der Waals surface area contributed by atoms with Gasteiger partial charge in [-0.3, -0.25) is 4.79 Å². The maximum absolute atomic E-state index is 13.8. The molecule has 1 aliphatic carbocycles. The first kappa shape index (κ1) is 15.5. The summed E-state index contributed by atoms with van der Waals surface area (Å²) >= 11 is 0. The summed E-state index contributed by atoms with van der Waals surface area (Å²) in [5.74, 6) is 0.657. The fourth-order valence-electron chi connectivity index (χ4n) is 3.04. The van der Waals surface area contributed by atoms with Gasteiger partial charge in [0, 0.05) is 19.2 Å². The third-order valence-electron chi connectivity index (χ3n) is 3.75. The number of allylic oxidation sites excluding steroid dienone is 2. The van der Waals surface area contributed by atoms with Gasteiger partial charge in [0.15, 0.2) is 0 Å². The Kier molecular flexibility index (Phi) is 4.99. The summed E-state index contributed by atoms with van der Waals surface area (Å²) in [6, 6.07) is 4.59. The lowest BCUT2D eigenvalue weighted by Gasteiger charge is -2.26. The van der Waals surface area contributed by atoms with Gasteiger partial charge in [-0.05, 0) is 49.8 Å². The summed E-state index contributed by atoms with van der Waals surface area (Å²) in [5, 5.41) is 5.85. The van der Waals surface area contributed by atoms with Crippen molar-refractivity contribution in [3.8, 4) is 0 Å². The van der Waals surface area contributed by atoms with Crippen LogP contribution in [0.2, 0.25) is 0 Å². The maximum atomic E-state index is 13.8. The number of nitrogens with one attached hydrogen (secondary N) is 2. The number of anilines is 2. The van der Waals surface area contributed by atoms with E-state index < -0.39 is 0 Å². The first-order chi connectivity index (χ1) is 9.94. The molecule has 21 heavy (non-hydrogen) atoms. The normalized spacial score (nSPS) is 21.6. The predicted molar refractivity (Wildman–Crippen MR) is 84.8 cm³/mol. The van der Waals surface area contributed by atoms with Crippen LogP contribution in [0.5, 0.6) is 0 Å². The smallest absolute Gasteiger partial charge is 0.221 e. The van der Waals surface area contributed by atoms with Gasteiger partial charge in [-0.1, -0.05) is 18.6 Å². The second-order valence-corrected chi connectivity index (χ2v) is 6.05. The molecule has 0 saturated carbocycles. The molecule has 1 amide bonds. The number of carbonyl (C=O) groups is 1. The van der Waals surface area contributed by atoms with Crippen molar-refractivity contribution in [2.75, 3.05) is 17.2 Å². The first-order valence-electron chi connectivity index (χ1n) is 7.42. The summed E-state index contributed by atoms with van der Waals surface area (Å²) in [6.07, 6.45) is 4.50. The Labute approximate surface area is 125 Å². The zero-order valence-corrected chi connectivity index (χ0v) is 12.9. The highest BCUT2D eigenvalue weighted by atomic mass is 19.1. The maximum Gasteiger partial charge on any atom is 0.221 e. The van der Waals surface area contributed by atoms with Crippen LogP contribution in [-0.2, 0) is 4.79 Å². The number of halogens is 1. The molecule has 0 fully saturated rings. The lowest BCUT2D eigenvalue weighted by atomic mass is 9.84. The van der Waals surface area contributed by atoms with Crippen molar-refractivity contribution in [1.29, 1.82) is 0 Å². The summed E-state index contributed by atoms with van der Waals surface area (Å²) in [6.45, 7) is 6.55. The summed E-state index contributed by atoms with van der Waals surface area (Å²) in [7, 11) is 0. The van der Waals surface area contributed by atoms with Crippen molar-refractivity contribution in [3.63, 3.8) is 0 Å². The molecule has 0 spiro atoms. The molecule has 0 heterocycles. The van der Waals surface area contributed by atoms with E-state index in [9.17, 15) is 9.18 Å². The quantitative estimate of drug-likeness (QED) is 0.816. The molecule has 1 aromatic carbocycles. The molecule has 2 unspecified atom stereocenters. The number of amides is 1. The second-order valence-electron chi connectivity index (χ2n) is 6.05. The molecular weight excluding hydrogens is 267 g/mol. The fraction of sp³-hybridized carbons (Fsp3) is 0.471. The minimum Gasteiger partial charge on any atom is -0.382 e. The van der Waals surface area contributed by atoms with Gasteiger partial charge in [-0.25, -0.2) is 4.39 Å². The molecule has 2 rings (SSSR count). The first-order valence-corrected chi connectivity index (χ1v) is 7.42. The van der Waals surface area contributed by atoms with E-state index in [-0.39, 0.29) is 11.7 Å². The number of carbonyl (C=O) groups excluding carboxylic acids is 1. The van der Waals surface area contributed by atoms with Gasteiger partial charge in [-0.2, -0.15) is 0 Å². The van der Waals surface area contributed by atoms with E-state index in [0.717, 1.165) is 19.4 Å². The molecule has 0 aromatic heterocycles. The second kappa shape index (κ2) is 6.74. The van der Waals surface area contributed by atoms with Crippen molar-refractivity contribution >= 4 is 17.3 Å². The Morgan fingerprint density at radius 2 is 2.19 bits per heavy atom. The molecule has 114 valence electrons. The third kappa shape index (κ3) is 4.59. The van der Waals surface area contributed by atoms with Crippen molar-refractivity contribution < 1.29 is 9.18 Å². The molecule has 3 nitrogen and oxygen atoms in total. The van der Waals surface area contributed by atoms with E-state index in [1.165, 1.54) is 18.6 Å². The summed E-state index contributed by atoms with van der Waals surface area (Å²) in [5.41, 5.74) is 2.47. The van der Waals surface area contributed by atoms with Gasteiger partial charge in [0.25, 0.3) is 0 Å². The summed E-state index contributed by atoms with van der Waals surface area (Å²) < 4.78 is 13.8. The van der Waals surface area contributed by atoms with Gasteiger partial charge < -0.3 is 10.6 Å². The molecule has 0 radical (unpaired) electrons. The van der Waals surface area contributed by atoms with Gasteiger partial charge in [0.1, 0.15) is 5.82 Å². The molecule has 2 atom stereocenters. The monoisotopic (exact) mass is 290 g/mol. The third-order valence-corrected chi connectivity index (χ3v) is 3.75. The van der Waals surface area contributed by atoms with Crippen molar-refractivity contribution in [2.45, 2.75) is 33.6 Å². The Balaban J connectivity index is 1.99. The highest BCUT2D eigenvalue weighted by Crippen LogP contribution is 2.28. The molecule has 0 saturated heterocycles. The number of benzene rings is 1. The van der Waals surface area contributed by atoms with E-state index in [1.54, 1.807) is 12.1 Å². The van der Waals surface area contributed by atoms with Gasteiger partial charge in [-0.15, -0.1) is 0 Å². The van der Waals surface area contributed by atoms with Gasteiger partial charge in [0.2, 0.25) is 5.91 Å². The molecule has 4 heteroatoms. The number of hydrogen-bond acceptors (Lipinski definition) is 2. The van der Waals surface area contributed by atoms with E-state index in [2.05, 4.69) is 30.6 Å². The minimum atomic E-state index is -0.291. The van der Waals surface area contributed by atoms with Crippen molar-refractivity contribution in [3.05, 3.63) is 35.7 Å². The Morgan fingerprint density at radius 3 is 2.86 bits per heavy atom. The van der Waals surface area contributed by atoms with E-state index >= 15 is 0 Å². The Morgan fingerprint density at radius 1 is 1.43 bits per heavy atom. The van der Waals surface area contributed by atoms with Crippen LogP contribution in [0, 0.1) is 17.7 Å². The zero-order chi connectivity index (χ0) is 15.4.